The Labute approximate surface area is 113 Å². The van der Waals surface area contributed by atoms with Crippen molar-refractivity contribution in [3.63, 3.8) is 0 Å². The molecular formula is C14H20N2O3. The van der Waals surface area contributed by atoms with E-state index < -0.39 is 0 Å². The number of nitrogens with one attached hydrogen (secondary N) is 2. The van der Waals surface area contributed by atoms with Crippen molar-refractivity contribution < 1.29 is 14.3 Å². The lowest BCUT2D eigenvalue weighted by Gasteiger charge is -2.19. The molecule has 0 fully saturated rings. The van der Waals surface area contributed by atoms with Crippen LogP contribution in [-0.4, -0.2) is 32.3 Å². The highest BCUT2D eigenvalue weighted by atomic mass is 16.5. The van der Waals surface area contributed by atoms with E-state index in [0.717, 1.165) is 36.6 Å². The Morgan fingerprint density at radius 3 is 3.16 bits per heavy atom. The Morgan fingerprint density at radius 1 is 1.53 bits per heavy atom. The first-order valence-corrected chi connectivity index (χ1v) is 6.47. The normalized spacial score (nSPS) is 15.4. The summed E-state index contributed by atoms with van der Waals surface area (Å²) in [5.41, 5.74) is 1.87. The molecule has 0 bridgehead atoms. The Bertz CT molecular complexity index is 448. The zero-order valence-corrected chi connectivity index (χ0v) is 11.4. The maximum absolute atomic E-state index is 11.3. The molecule has 1 aromatic rings. The standard InChI is InChI=1S/C14H20N2O3/c1-10(5-6-18-2)15-8-11-3-4-13-12(7-11)16-14(17)9-19-13/h3-4,7,10,15H,5-6,8-9H2,1-2H3,(H,16,17). The fourth-order valence-corrected chi connectivity index (χ4v) is 1.93. The first-order chi connectivity index (χ1) is 9.19. The van der Waals surface area contributed by atoms with Crippen LogP contribution in [0.3, 0.4) is 0 Å². The number of benzene rings is 1. The van der Waals surface area contributed by atoms with Gasteiger partial charge in [-0.2, -0.15) is 0 Å². The number of rotatable bonds is 6. The summed E-state index contributed by atoms with van der Waals surface area (Å²) in [5.74, 6) is 0.627. The maximum atomic E-state index is 11.3. The van der Waals surface area contributed by atoms with Gasteiger partial charge in [0.1, 0.15) is 5.75 Å². The monoisotopic (exact) mass is 264 g/mol. The summed E-state index contributed by atoms with van der Waals surface area (Å²) < 4.78 is 10.4. The lowest BCUT2D eigenvalue weighted by Crippen LogP contribution is -2.27. The zero-order chi connectivity index (χ0) is 13.7. The van der Waals surface area contributed by atoms with Gasteiger partial charge in [0.15, 0.2) is 6.61 Å². The lowest BCUT2D eigenvalue weighted by molar-refractivity contribution is -0.118. The molecule has 0 aliphatic carbocycles. The van der Waals surface area contributed by atoms with E-state index in [1.807, 2.05) is 18.2 Å². The summed E-state index contributed by atoms with van der Waals surface area (Å²) in [4.78, 5) is 11.3. The highest BCUT2D eigenvalue weighted by Crippen LogP contribution is 2.28. The molecule has 0 saturated heterocycles. The van der Waals surface area contributed by atoms with Crippen molar-refractivity contribution >= 4 is 11.6 Å². The first kappa shape index (κ1) is 13.8. The largest absolute Gasteiger partial charge is 0.482 e. The van der Waals surface area contributed by atoms with Crippen molar-refractivity contribution in [1.82, 2.24) is 5.32 Å². The minimum absolute atomic E-state index is 0.0959. The molecular weight excluding hydrogens is 244 g/mol. The third-order valence-electron chi connectivity index (χ3n) is 3.09. The fourth-order valence-electron chi connectivity index (χ4n) is 1.93. The van der Waals surface area contributed by atoms with Crippen LogP contribution in [0.1, 0.15) is 18.9 Å². The Morgan fingerprint density at radius 2 is 2.37 bits per heavy atom. The third-order valence-corrected chi connectivity index (χ3v) is 3.09. The van der Waals surface area contributed by atoms with E-state index in [2.05, 4.69) is 17.6 Å². The second kappa shape index (κ2) is 6.54. The van der Waals surface area contributed by atoms with Gasteiger partial charge in [-0.05, 0) is 31.0 Å². The highest BCUT2D eigenvalue weighted by molar-refractivity contribution is 5.95. The van der Waals surface area contributed by atoms with Crippen LogP contribution in [0.15, 0.2) is 18.2 Å². The molecule has 1 heterocycles. The Balaban J connectivity index is 1.91. The third kappa shape index (κ3) is 3.94. The number of ether oxygens (including phenoxy) is 2. The molecule has 0 aromatic heterocycles. The molecule has 5 heteroatoms. The van der Waals surface area contributed by atoms with E-state index in [-0.39, 0.29) is 12.5 Å². The average Bonchev–Trinajstić information content (AvgIpc) is 2.42. The predicted octanol–water partition coefficient (Wildman–Crippen LogP) is 1.53. The van der Waals surface area contributed by atoms with Gasteiger partial charge in [0.05, 0.1) is 5.69 Å². The molecule has 1 aliphatic heterocycles. The van der Waals surface area contributed by atoms with Crippen molar-refractivity contribution in [3.8, 4) is 5.75 Å². The number of hydrogen-bond acceptors (Lipinski definition) is 4. The number of carbonyl (C=O) groups excluding carboxylic acids is 1. The van der Waals surface area contributed by atoms with Gasteiger partial charge in [0.25, 0.3) is 5.91 Å². The summed E-state index contributed by atoms with van der Waals surface area (Å²) in [6, 6.07) is 6.24. The molecule has 0 spiro atoms. The predicted molar refractivity (Wildman–Crippen MR) is 73.4 cm³/mol. The highest BCUT2D eigenvalue weighted by Gasteiger charge is 2.15. The van der Waals surface area contributed by atoms with E-state index in [1.54, 1.807) is 7.11 Å². The van der Waals surface area contributed by atoms with E-state index in [1.165, 1.54) is 0 Å². The van der Waals surface area contributed by atoms with Gasteiger partial charge in [-0.25, -0.2) is 0 Å². The molecule has 0 saturated carbocycles. The lowest BCUT2D eigenvalue weighted by atomic mass is 10.1. The van der Waals surface area contributed by atoms with Crippen LogP contribution >= 0.6 is 0 Å². The molecule has 19 heavy (non-hydrogen) atoms. The Hall–Kier alpha value is -1.59. The number of fused-ring (bicyclic) bond motifs is 1. The van der Waals surface area contributed by atoms with Crippen molar-refractivity contribution in [2.24, 2.45) is 0 Å². The minimum atomic E-state index is -0.105. The van der Waals surface area contributed by atoms with Gasteiger partial charge < -0.3 is 20.1 Å². The number of hydrogen-bond donors (Lipinski definition) is 2. The summed E-state index contributed by atoms with van der Waals surface area (Å²) in [6.45, 7) is 3.73. The van der Waals surface area contributed by atoms with Crippen molar-refractivity contribution in [1.29, 1.82) is 0 Å². The van der Waals surface area contributed by atoms with Gasteiger partial charge in [0.2, 0.25) is 0 Å². The Kier molecular flexibility index (Phi) is 4.76. The van der Waals surface area contributed by atoms with Gasteiger partial charge in [-0.1, -0.05) is 6.07 Å². The molecule has 5 nitrogen and oxygen atoms in total. The summed E-state index contributed by atoms with van der Waals surface area (Å²) >= 11 is 0. The van der Waals surface area contributed by atoms with Crippen LogP contribution in [0, 0.1) is 0 Å². The number of methoxy groups -OCH3 is 1. The second-order valence-corrected chi connectivity index (χ2v) is 4.73. The minimum Gasteiger partial charge on any atom is -0.482 e. The van der Waals surface area contributed by atoms with Gasteiger partial charge in [-0.3, -0.25) is 4.79 Å². The van der Waals surface area contributed by atoms with E-state index in [4.69, 9.17) is 9.47 Å². The fraction of sp³-hybridized carbons (Fsp3) is 0.500. The van der Waals surface area contributed by atoms with E-state index in [0.29, 0.717) is 6.04 Å². The molecule has 0 radical (unpaired) electrons. The van der Waals surface area contributed by atoms with Gasteiger partial charge >= 0.3 is 0 Å². The van der Waals surface area contributed by atoms with Crippen LogP contribution in [-0.2, 0) is 16.1 Å². The van der Waals surface area contributed by atoms with Crippen LogP contribution in [0.2, 0.25) is 0 Å². The van der Waals surface area contributed by atoms with Gasteiger partial charge in [-0.15, -0.1) is 0 Å². The number of amides is 1. The summed E-state index contributed by atoms with van der Waals surface area (Å²) in [7, 11) is 1.71. The van der Waals surface area contributed by atoms with Crippen LogP contribution in [0.4, 0.5) is 5.69 Å². The van der Waals surface area contributed by atoms with Crippen LogP contribution < -0.4 is 15.4 Å². The van der Waals surface area contributed by atoms with Crippen LogP contribution in [0.25, 0.3) is 0 Å². The quantitative estimate of drug-likeness (QED) is 0.818. The second-order valence-electron chi connectivity index (χ2n) is 4.73. The molecule has 1 aliphatic rings. The molecule has 2 rings (SSSR count). The summed E-state index contributed by atoms with van der Waals surface area (Å²) in [6.07, 6.45) is 0.973. The molecule has 104 valence electrons. The molecule has 2 N–H and O–H groups in total. The SMILES string of the molecule is COCCC(C)NCc1ccc2c(c1)NC(=O)CO2. The van der Waals surface area contributed by atoms with Crippen LogP contribution in [0.5, 0.6) is 5.75 Å². The molecule has 1 atom stereocenters. The smallest absolute Gasteiger partial charge is 0.262 e. The van der Waals surface area contributed by atoms with Gasteiger partial charge in [0, 0.05) is 26.3 Å². The zero-order valence-electron chi connectivity index (χ0n) is 11.4. The average molecular weight is 264 g/mol. The van der Waals surface area contributed by atoms with Crippen molar-refractivity contribution in [3.05, 3.63) is 23.8 Å². The summed E-state index contributed by atoms with van der Waals surface area (Å²) in [5, 5.41) is 6.23. The molecule has 1 aromatic carbocycles. The first-order valence-electron chi connectivity index (χ1n) is 6.47. The van der Waals surface area contributed by atoms with E-state index in [9.17, 15) is 4.79 Å². The molecule has 1 unspecified atom stereocenters. The number of anilines is 1. The maximum Gasteiger partial charge on any atom is 0.262 e. The topological polar surface area (TPSA) is 59.6 Å². The van der Waals surface area contributed by atoms with Crippen molar-refractivity contribution in [2.45, 2.75) is 25.9 Å². The number of carbonyl (C=O) groups is 1. The van der Waals surface area contributed by atoms with Crippen molar-refractivity contribution in [2.75, 3.05) is 25.6 Å². The molecule has 1 amide bonds. The van der Waals surface area contributed by atoms with E-state index >= 15 is 0 Å².